The molecule has 2 amide bonds. The van der Waals surface area contributed by atoms with Crippen LogP contribution in [0.5, 0.6) is 0 Å². The number of hydrogen-bond acceptors (Lipinski definition) is 5. The van der Waals surface area contributed by atoms with Gasteiger partial charge in [0, 0.05) is 43.7 Å². The molecule has 2 aromatic heterocycles. The molecule has 0 aromatic carbocycles. The lowest BCUT2D eigenvalue weighted by molar-refractivity contribution is -0.130. The number of anilines is 1. The largest absolute Gasteiger partial charge is 0.340 e. The van der Waals surface area contributed by atoms with Gasteiger partial charge >= 0.3 is 0 Å². The lowest BCUT2D eigenvalue weighted by Gasteiger charge is -2.33. The highest BCUT2D eigenvalue weighted by atomic mass is 32.1. The molecule has 0 bridgehead atoms. The quantitative estimate of drug-likeness (QED) is 0.836. The van der Waals surface area contributed by atoms with Crippen molar-refractivity contribution in [3.05, 3.63) is 39.2 Å². The number of amides is 2. The van der Waals surface area contributed by atoms with E-state index in [4.69, 9.17) is 0 Å². The second kappa shape index (κ2) is 8.59. The van der Waals surface area contributed by atoms with Crippen molar-refractivity contribution in [1.29, 1.82) is 5.26 Å². The van der Waals surface area contributed by atoms with Crippen LogP contribution in [0.1, 0.15) is 28.6 Å². The van der Waals surface area contributed by atoms with Gasteiger partial charge in [-0.3, -0.25) is 14.5 Å². The van der Waals surface area contributed by atoms with Crippen LogP contribution in [0, 0.1) is 25.2 Å². The fourth-order valence-electron chi connectivity index (χ4n) is 3.48. The number of nitrogens with one attached hydrogen (secondary N) is 1. The molecular weight excluding hydrogens is 374 g/mol. The number of thiophene rings is 1. The molecule has 7 nitrogen and oxygen atoms in total. The van der Waals surface area contributed by atoms with E-state index in [1.54, 1.807) is 23.2 Å². The number of rotatable bonds is 5. The number of nitrogens with zero attached hydrogens (tertiary/aromatic N) is 4. The monoisotopic (exact) mass is 399 g/mol. The van der Waals surface area contributed by atoms with Gasteiger partial charge in [0.2, 0.25) is 11.8 Å². The molecular formula is C20H25N5O2S. The van der Waals surface area contributed by atoms with Crippen molar-refractivity contribution in [3.8, 4) is 6.07 Å². The van der Waals surface area contributed by atoms with E-state index in [0.717, 1.165) is 11.3 Å². The van der Waals surface area contributed by atoms with Crippen LogP contribution < -0.4 is 5.32 Å². The molecule has 0 spiro atoms. The lowest BCUT2D eigenvalue weighted by atomic mass is 10.2. The minimum absolute atomic E-state index is 0.0696. The number of nitriles is 1. The van der Waals surface area contributed by atoms with Crippen LogP contribution in [0.2, 0.25) is 0 Å². The van der Waals surface area contributed by atoms with Gasteiger partial charge in [-0.25, -0.2) is 0 Å². The molecule has 1 aliphatic rings. The van der Waals surface area contributed by atoms with Crippen LogP contribution >= 0.6 is 11.3 Å². The molecule has 3 rings (SSSR count). The Morgan fingerprint density at radius 1 is 1.25 bits per heavy atom. The van der Waals surface area contributed by atoms with Crippen molar-refractivity contribution in [2.45, 2.75) is 27.3 Å². The van der Waals surface area contributed by atoms with Crippen molar-refractivity contribution in [1.82, 2.24) is 14.4 Å². The maximum atomic E-state index is 12.7. The zero-order chi connectivity index (χ0) is 20.3. The fourth-order valence-corrected chi connectivity index (χ4v) is 4.17. The molecule has 1 saturated heterocycles. The van der Waals surface area contributed by atoms with Gasteiger partial charge in [-0.05, 0) is 30.9 Å². The molecule has 148 valence electrons. The third-order valence-electron chi connectivity index (χ3n) is 5.28. The van der Waals surface area contributed by atoms with Crippen molar-refractivity contribution >= 4 is 29.0 Å². The maximum absolute atomic E-state index is 12.7. The van der Waals surface area contributed by atoms with Gasteiger partial charge in [-0.15, -0.1) is 11.3 Å². The summed E-state index contributed by atoms with van der Waals surface area (Å²) in [5.74, 6) is 0.496. The van der Waals surface area contributed by atoms with E-state index in [2.05, 4.69) is 11.4 Å². The van der Waals surface area contributed by atoms with Crippen LogP contribution in [-0.4, -0.2) is 58.9 Å². The second-order valence-corrected chi connectivity index (χ2v) is 8.07. The van der Waals surface area contributed by atoms with E-state index in [9.17, 15) is 14.9 Å². The zero-order valence-electron chi connectivity index (χ0n) is 16.5. The first-order valence-electron chi connectivity index (χ1n) is 9.30. The molecule has 0 saturated carbocycles. The summed E-state index contributed by atoms with van der Waals surface area (Å²) in [7, 11) is 0. The number of aromatic nitrogens is 1. The van der Waals surface area contributed by atoms with Gasteiger partial charge in [0.05, 0.1) is 18.7 Å². The molecule has 1 N–H and O–H groups in total. The van der Waals surface area contributed by atoms with Crippen LogP contribution in [0.25, 0.3) is 0 Å². The van der Waals surface area contributed by atoms with E-state index < -0.39 is 0 Å². The molecule has 8 heteroatoms. The number of piperazine rings is 1. The first kappa shape index (κ1) is 20.1. The average molecular weight is 400 g/mol. The number of carbonyl (C=O) groups is 2. The van der Waals surface area contributed by atoms with E-state index in [0.29, 0.717) is 44.1 Å². The highest BCUT2D eigenvalue weighted by molar-refractivity contribution is 7.09. The Labute approximate surface area is 169 Å². The topological polar surface area (TPSA) is 81.4 Å². The van der Waals surface area contributed by atoms with Crippen molar-refractivity contribution in [3.63, 3.8) is 0 Å². The van der Waals surface area contributed by atoms with Gasteiger partial charge < -0.3 is 14.8 Å². The number of hydrogen-bond donors (Lipinski definition) is 1. The summed E-state index contributed by atoms with van der Waals surface area (Å²) < 4.78 is 2.01. The Bertz CT molecular complexity index is 902. The number of carbonyl (C=O) groups excluding carboxylic acids is 2. The first-order valence-corrected chi connectivity index (χ1v) is 10.2. The summed E-state index contributed by atoms with van der Waals surface area (Å²) >= 11 is 1.65. The molecule has 0 radical (unpaired) electrons. The predicted molar refractivity (Wildman–Crippen MR) is 109 cm³/mol. The third kappa shape index (κ3) is 4.26. The summed E-state index contributed by atoms with van der Waals surface area (Å²) in [5, 5.41) is 14.6. The second-order valence-electron chi connectivity index (χ2n) is 7.04. The Kier molecular flexibility index (Phi) is 6.17. The van der Waals surface area contributed by atoms with Gasteiger partial charge in [-0.2, -0.15) is 5.26 Å². The van der Waals surface area contributed by atoms with Crippen molar-refractivity contribution in [2.75, 3.05) is 38.0 Å². The zero-order valence-corrected chi connectivity index (χ0v) is 17.3. The molecule has 0 unspecified atom stereocenters. The molecule has 3 heterocycles. The summed E-state index contributed by atoms with van der Waals surface area (Å²) in [4.78, 5) is 29.1. The average Bonchev–Trinajstić information content (AvgIpc) is 3.25. The molecule has 1 aliphatic heterocycles. The standard InChI is InChI=1S/C20H25N5O2S/c1-14-15(2)25(12-17-5-4-10-28-17)20(18(14)11-21)22-19(27)13-23-6-8-24(9-7-23)16(3)26/h4-5,10H,6-9,12-13H2,1-3H3,(H,22,27). The van der Waals surface area contributed by atoms with Crippen molar-refractivity contribution < 1.29 is 9.59 Å². The van der Waals surface area contributed by atoms with Crippen LogP contribution in [0.15, 0.2) is 17.5 Å². The molecule has 0 aliphatic carbocycles. The fraction of sp³-hybridized carbons (Fsp3) is 0.450. The highest BCUT2D eigenvalue weighted by Gasteiger charge is 2.23. The Hall–Kier alpha value is -2.63. The van der Waals surface area contributed by atoms with Gasteiger partial charge in [0.15, 0.2) is 0 Å². The van der Waals surface area contributed by atoms with Crippen LogP contribution in [0.3, 0.4) is 0 Å². The summed E-state index contributed by atoms with van der Waals surface area (Å²) in [5.41, 5.74) is 2.39. The Balaban J connectivity index is 1.72. The molecule has 28 heavy (non-hydrogen) atoms. The minimum Gasteiger partial charge on any atom is -0.340 e. The summed E-state index contributed by atoms with van der Waals surface area (Å²) in [6.07, 6.45) is 0. The van der Waals surface area contributed by atoms with Crippen LogP contribution in [-0.2, 0) is 16.1 Å². The SMILES string of the molecule is CC(=O)N1CCN(CC(=O)Nc2c(C#N)c(C)c(C)n2Cc2cccs2)CC1. The van der Waals surface area contributed by atoms with Crippen molar-refractivity contribution in [2.24, 2.45) is 0 Å². The van der Waals surface area contributed by atoms with E-state index in [1.165, 1.54) is 4.88 Å². The molecule has 1 fully saturated rings. The summed E-state index contributed by atoms with van der Waals surface area (Å²) in [6, 6.07) is 6.29. The van der Waals surface area contributed by atoms with E-state index >= 15 is 0 Å². The third-order valence-corrected chi connectivity index (χ3v) is 6.14. The van der Waals surface area contributed by atoms with Crippen LogP contribution in [0.4, 0.5) is 5.82 Å². The highest BCUT2D eigenvalue weighted by Crippen LogP contribution is 2.28. The van der Waals surface area contributed by atoms with Gasteiger partial charge in [0.25, 0.3) is 0 Å². The smallest absolute Gasteiger partial charge is 0.239 e. The first-order chi connectivity index (χ1) is 13.4. The maximum Gasteiger partial charge on any atom is 0.239 e. The summed E-state index contributed by atoms with van der Waals surface area (Å²) in [6.45, 7) is 8.95. The Morgan fingerprint density at radius 3 is 2.54 bits per heavy atom. The molecule has 2 aromatic rings. The molecule has 0 atom stereocenters. The predicted octanol–water partition coefficient (Wildman–Crippen LogP) is 2.19. The van der Waals surface area contributed by atoms with Gasteiger partial charge in [0.1, 0.15) is 11.9 Å². The van der Waals surface area contributed by atoms with E-state index in [-0.39, 0.29) is 18.4 Å². The van der Waals surface area contributed by atoms with Gasteiger partial charge in [-0.1, -0.05) is 6.07 Å². The Morgan fingerprint density at radius 2 is 1.96 bits per heavy atom. The minimum atomic E-state index is -0.141. The lowest BCUT2D eigenvalue weighted by Crippen LogP contribution is -2.50. The normalized spacial score (nSPS) is 14.7. The van der Waals surface area contributed by atoms with E-state index in [1.807, 2.05) is 40.8 Å².